The lowest BCUT2D eigenvalue weighted by Crippen LogP contribution is -2.38. The van der Waals surface area contributed by atoms with Gasteiger partial charge in [-0.15, -0.1) is 0 Å². The van der Waals surface area contributed by atoms with Gasteiger partial charge in [0.15, 0.2) is 0 Å². The van der Waals surface area contributed by atoms with E-state index in [1.807, 2.05) is 6.07 Å². The first-order valence-electron chi connectivity index (χ1n) is 9.69. The normalized spacial score (nSPS) is 23.6. The highest BCUT2D eigenvalue weighted by atomic mass is 79.9. The fraction of sp³-hybridized carbons (Fsp3) is 0.600. The molecule has 1 aliphatic heterocycles. The van der Waals surface area contributed by atoms with Crippen LogP contribution in [0.2, 0.25) is 0 Å². The maximum atomic E-state index is 12.5. The third kappa shape index (κ3) is 5.69. The Morgan fingerprint density at radius 1 is 1.15 bits per heavy atom. The molecule has 0 aromatic heterocycles. The molecule has 2 fully saturated rings. The van der Waals surface area contributed by atoms with E-state index in [9.17, 15) is 9.59 Å². The van der Waals surface area contributed by atoms with Crippen LogP contribution in [0.15, 0.2) is 22.7 Å². The zero-order valence-corrected chi connectivity index (χ0v) is 17.0. The monoisotopic (exact) mass is 438 g/mol. The van der Waals surface area contributed by atoms with Crippen molar-refractivity contribution in [2.45, 2.75) is 44.6 Å². The van der Waals surface area contributed by atoms with Gasteiger partial charge in [0.05, 0.1) is 17.0 Å². The summed E-state index contributed by atoms with van der Waals surface area (Å²) < 4.78 is 6.71. The van der Waals surface area contributed by atoms with E-state index in [-0.39, 0.29) is 17.9 Å². The van der Waals surface area contributed by atoms with Gasteiger partial charge in [0, 0.05) is 11.6 Å². The van der Waals surface area contributed by atoms with E-state index < -0.39 is 5.97 Å². The highest BCUT2D eigenvalue weighted by molar-refractivity contribution is 9.10. The summed E-state index contributed by atoms with van der Waals surface area (Å²) in [6.45, 7) is 2.78. The first-order chi connectivity index (χ1) is 13.0. The Hall–Kier alpha value is -1.60. The number of benzene rings is 1. The Morgan fingerprint density at radius 3 is 2.48 bits per heavy atom. The van der Waals surface area contributed by atoms with Crippen LogP contribution in [-0.4, -0.2) is 42.7 Å². The minimum atomic E-state index is -0.733. The van der Waals surface area contributed by atoms with E-state index in [1.54, 1.807) is 12.1 Å². The number of ether oxygens (including phenoxy) is 1. The number of carbonyl (C=O) groups is 2. The van der Waals surface area contributed by atoms with Crippen LogP contribution in [0.25, 0.3) is 0 Å². The molecule has 3 N–H and O–H groups in total. The van der Waals surface area contributed by atoms with Crippen molar-refractivity contribution >= 4 is 27.8 Å². The van der Waals surface area contributed by atoms with Crippen molar-refractivity contribution in [1.82, 2.24) is 10.6 Å². The van der Waals surface area contributed by atoms with Crippen molar-refractivity contribution in [2.24, 2.45) is 11.8 Å². The number of hydrogen-bond donors (Lipinski definition) is 3. The van der Waals surface area contributed by atoms with Gasteiger partial charge in [-0.1, -0.05) is 0 Å². The fourth-order valence-electron chi connectivity index (χ4n) is 3.77. The number of hydrogen-bond acceptors (Lipinski definition) is 4. The fourth-order valence-corrected chi connectivity index (χ4v) is 4.26. The summed E-state index contributed by atoms with van der Waals surface area (Å²) in [5, 5.41) is 15.4. The van der Waals surface area contributed by atoms with Crippen molar-refractivity contribution in [2.75, 3.05) is 19.7 Å². The van der Waals surface area contributed by atoms with Crippen LogP contribution in [0.3, 0.4) is 0 Å². The predicted octanol–water partition coefficient (Wildman–Crippen LogP) is 3.20. The quantitative estimate of drug-likeness (QED) is 0.634. The molecule has 1 aromatic rings. The van der Waals surface area contributed by atoms with Crippen LogP contribution in [0.5, 0.6) is 5.75 Å². The first kappa shape index (κ1) is 20.1. The molecule has 1 aromatic carbocycles. The Balaban J connectivity index is 1.50. The molecule has 1 saturated carbocycles. The summed E-state index contributed by atoms with van der Waals surface area (Å²) in [5.74, 6) is 0.195. The number of carbonyl (C=O) groups excluding carboxylic acids is 1. The highest BCUT2D eigenvalue weighted by Gasteiger charge is 2.27. The van der Waals surface area contributed by atoms with Crippen LogP contribution < -0.4 is 15.4 Å². The molecule has 1 amide bonds. The minimum absolute atomic E-state index is 0.0442. The van der Waals surface area contributed by atoms with Crippen molar-refractivity contribution < 1.29 is 19.4 Å². The summed E-state index contributed by atoms with van der Waals surface area (Å²) >= 11 is 3.51. The van der Waals surface area contributed by atoms with Crippen LogP contribution in [0.4, 0.5) is 0 Å². The lowest BCUT2D eigenvalue weighted by molar-refractivity contribution is -0.142. The maximum absolute atomic E-state index is 12.5. The van der Waals surface area contributed by atoms with E-state index in [0.717, 1.165) is 36.2 Å². The van der Waals surface area contributed by atoms with Crippen molar-refractivity contribution in [3.63, 3.8) is 0 Å². The molecule has 1 aliphatic carbocycles. The van der Waals surface area contributed by atoms with Crippen molar-refractivity contribution in [3.05, 3.63) is 28.2 Å². The second kappa shape index (κ2) is 9.55. The number of carboxylic acids is 1. The number of aliphatic carboxylic acids is 1. The summed E-state index contributed by atoms with van der Waals surface area (Å²) in [6, 6.07) is 5.45. The Morgan fingerprint density at radius 2 is 1.85 bits per heavy atom. The van der Waals surface area contributed by atoms with Gasteiger partial charge in [0.2, 0.25) is 0 Å². The van der Waals surface area contributed by atoms with E-state index in [4.69, 9.17) is 9.84 Å². The highest BCUT2D eigenvalue weighted by Crippen LogP contribution is 2.28. The van der Waals surface area contributed by atoms with Gasteiger partial charge in [-0.3, -0.25) is 9.59 Å². The molecule has 6 nitrogen and oxygen atoms in total. The second-order valence-electron chi connectivity index (χ2n) is 7.51. The van der Waals surface area contributed by atoms with Crippen molar-refractivity contribution in [1.29, 1.82) is 0 Å². The molecule has 0 radical (unpaired) electrons. The van der Waals surface area contributed by atoms with E-state index >= 15 is 0 Å². The Bertz CT molecular complexity index is 668. The number of carboxylic acid groups (broad SMARTS) is 1. The SMILES string of the molecule is O=C(NC1CCC(C(=O)O)CC1)c1ccc(OCC2CCNCC2)c(Br)c1. The topological polar surface area (TPSA) is 87.7 Å². The zero-order valence-electron chi connectivity index (χ0n) is 15.4. The van der Waals surface area contributed by atoms with Crippen LogP contribution in [0, 0.1) is 11.8 Å². The summed E-state index contributed by atoms with van der Waals surface area (Å²) in [5.41, 5.74) is 0.580. The lowest BCUT2D eigenvalue weighted by atomic mass is 9.86. The first-order valence-corrected chi connectivity index (χ1v) is 10.5. The zero-order chi connectivity index (χ0) is 19.2. The largest absolute Gasteiger partial charge is 0.492 e. The smallest absolute Gasteiger partial charge is 0.306 e. The molecule has 2 aliphatic rings. The summed E-state index contributed by atoms with van der Waals surface area (Å²) in [7, 11) is 0. The number of rotatable bonds is 6. The van der Waals surface area contributed by atoms with Crippen LogP contribution in [0.1, 0.15) is 48.9 Å². The molecule has 7 heteroatoms. The number of piperidine rings is 1. The maximum Gasteiger partial charge on any atom is 0.306 e. The lowest BCUT2D eigenvalue weighted by Gasteiger charge is -2.27. The van der Waals surface area contributed by atoms with E-state index in [1.165, 1.54) is 0 Å². The molecule has 0 atom stereocenters. The van der Waals surface area contributed by atoms with Gasteiger partial charge < -0.3 is 20.5 Å². The minimum Gasteiger partial charge on any atom is -0.492 e. The van der Waals surface area contributed by atoms with E-state index in [2.05, 4.69) is 26.6 Å². The van der Waals surface area contributed by atoms with Gasteiger partial charge in [0.1, 0.15) is 5.75 Å². The third-order valence-corrected chi connectivity index (χ3v) is 6.16. The molecule has 27 heavy (non-hydrogen) atoms. The Labute approximate surface area is 168 Å². The molecular weight excluding hydrogens is 412 g/mol. The predicted molar refractivity (Wildman–Crippen MR) is 106 cm³/mol. The molecule has 148 valence electrons. The standard InChI is InChI=1S/C20H27BrN2O4/c21-17-11-15(3-6-18(17)27-12-13-7-9-22-10-8-13)19(24)23-16-4-1-14(2-5-16)20(25)26/h3,6,11,13-14,16,22H,1-2,4-5,7-10,12H2,(H,23,24)(H,25,26). The van der Waals surface area contributed by atoms with Crippen LogP contribution >= 0.6 is 15.9 Å². The van der Waals surface area contributed by atoms with E-state index in [0.29, 0.717) is 43.8 Å². The third-order valence-electron chi connectivity index (χ3n) is 5.54. The molecule has 3 rings (SSSR count). The molecule has 1 saturated heterocycles. The van der Waals surface area contributed by atoms with Gasteiger partial charge >= 0.3 is 5.97 Å². The van der Waals surface area contributed by atoms with Crippen molar-refractivity contribution in [3.8, 4) is 5.75 Å². The van der Waals surface area contributed by atoms with Gasteiger partial charge in [-0.05, 0) is 91.7 Å². The average Bonchev–Trinajstić information content (AvgIpc) is 2.68. The summed E-state index contributed by atoms with van der Waals surface area (Å²) in [6.07, 6.45) is 4.91. The second-order valence-corrected chi connectivity index (χ2v) is 8.36. The van der Waals surface area contributed by atoms with Gasteiger partial charge in [-0.2, -0.15) is 0 Å². The van der Waals surface area contributed by atoms with Gasteiger partial charge in [-0.25, -0.2) is 0 Å². The Kier molecular flexibility index (Phi) is 7.13. The van der Waals surface area contributed by atoms with Gasteiger partial charge in [0.25, 0.3) is 5.91 Å². The summed E-state index contributed by atoms with van der Waals surface area (Å²) in [4.78, 5) is 23.5. The number of amides is 1. The average molecular weight is 439 g/mol. The molecule has 1 heterocycles. The van der Waals surface area contributed by atoms with Crippen LogP contribution in [-0.2, 0) is 4.79 Å². The number of halogens is 1. The number of nitrogens with one attached hydrogen (secondary N) is 2. The molecular formula is C20H27BrN2O4. The molecule has 0 unspecified atom stereocenters. The molecule has 0 spiro atoms. The molecule has 0 bridgehead atoms.